The van der Waals surface area contributed by atoms with E-state index in [9.17, 15) is 14.9 Å². The van der Waals surface area contributed by atoms with E-state index in [0.29, 0.717) is 11.3 Å². The Balaban J connectivity index is 2.04. The molecule has 0 aliphatic carbocycles. The van der Waals surface area contributed by atoms with Crippen LogP contribution < -0.4 is 0 Å². The lowest BCUT2D eigenvalue weighted by molar-refractivity contribution is -0.386. The lowest BCUT2D eigenvalue weighted by atomic mass is 10.0. The van der Waals surface area contributed by atoms with E-state index in [0.717, 1.165) is 6.39 Å². The quantitative estimate of drug-likeness (QED) is 0.399. The standard InChI is InChI=1S/C17H13N3O5/c1-11-15(19-10-24-11)17(21)25-16(12-5-4-8-18-9-12)13-6-2-3-7-14(13)20(22)23/h2-10,16H,1H3. The molecule has 0 aliphatic rings. The molecule has 126 valence electrons. The molecular formula is C17H13N3O5. The second-order valence-electron chi connectivity index (χ2n) is 5.14. The van der Waals surface area contributed by atoms with E-state index in [1.54, 1.807) is 43.5 Å². The normalized spacial score (nSPS) is 11.7. The van der Waals surface area contributed by atoms with Gasteiger partial charge in [0, 0.05) is 24.0 Å². The van der Waals surface area contributed by atoms with Crippen LogP contribution in [0.3, 0.4) is 0 Å². The van der Waals surface area contributed by atoms with Gasteiger partial charge in [-0.3, -0.25) is 15.1 Å². The van der Waals surface area contributed by atoms with Gasteiger partial charge < -0.3 is 9.15 Å². The van der Waals surface area contributed by atoms with Gasteiger partial charge >= 0.3 is 5.97 Å². The summed E-state index contributed by atoms with van der Waals surface area (Å²) in [7, 11) is 0. The summed E-state index contributed by atoms with van der Waals surface area (Å²) in [5.74, 6) is -0.434. The van der Waals surface area contributed by atoms with Crippen LogP contribution in [0.15, 0.2) is 59.6 Å². The Labute approximate surface area is 142 Å². The third kappa shape index (κ3) is 3.37. The molecule has 0 N–H and O–H groups in total. The highest BCUT2D eigenvalue weighted by molar-refractivity contribution is 5.88. The molecule has 1 atom stereocenters. The first kappa shape index (κ1) is 16.3. The number of nitro benzene ring substituents is 1. The summed E-state index contributed by atoms with van der Waals surface area (Å²) in [6, 6.07) is 9.42. The minimum Gasteiger partial charge on any atom is -0.448 e. The number of para-hydroxylation sites is 1. The van der Waals surface area contributed by atoms with Gasteiger partial charge in [0.25, 0.3) is 5.69 Å². The maximum atomic E-state index is 12.4. The predicted molar refractivity (Wildman–Crippen MR) is 85.8 cm³/mol. The van der Waals surface area contributed by atoms with Crippen LogP contribution in [-0.4, -0.2) is 20.9 Å². The maximum Gasteiger partial charge on any atom is 0.361 e. The van der Waals surface area contributed by atoms with Crippen molar-refractivity contribution >= 4 is 11.7 Å². The number of carbonyl (C=O) groups excluding carboxylic acids is 1. The van der Waals surface area contributed by atoms with Gasteiger partial charge in [-0.25, -0.2) is 9.78 Å². The molecule has 0 saturated carbocycles. The first-order valence-corrected chi connectivity index (χ1v) is 7.32. The number of pyridine rings is 1. The molecule has 0 fully saturated rings. The number of hydrogen-bond acceptors (Lipinski definition) is 7. The lowest BCUT2D eigenvalue weighted by Crippen LogP contribution is -2.15. The fraction of sp³-hybridized carbons (Fsp3) is 0.118. The maximum absolute atomic E-state index is 12.4. The van der Waals surface area contributed by atoms with E-state index < -0.39 is 17.0 Å². The van der Waals surface area contributed by atoms with Gasteiger partial charge in [-0.15, -0.1) is 0 Å². The Hall–Kier alpha value is -3.55. The first-order valence-electron chi connectivity index (χ1n) is 7.32. The fourth-order valence-electron chi connectivity index (χ4n) is 2.38. The van der Waals surface area contributed by atoms with Crippen LogP contribution in [0.25, 0.3) is 0 Å². The number of aryl methyl sites for hydroxylation is 1. The number of oxazole rings is 1. The molecule has 0 spiro atoms. The number of nitrogens with zero attached hydrogens (tertiary/aromatic N) is 3. The highest BCUT2D eigenvalue weighted by Gasteiger charge is 2.28. The molecule has 8 heteroatoms. The number of hydrogen-bond donors (Lipinski definition) is 0. The highest BCUT2D eigenvalue weighted by atomic mass is 16.6. The smallest absolute Gasteiger partial charge is 0.361 e. The van der Waals surface area contributed by atoms with Gasteiger partial charge in [-0.2, -0.15) is 0 Å². The van der Waals surface area contributed by atoms with E-state index >= 15 is 0 Å². The van der Waals surface area contributed by atoms with E-state index in [1.165, 1.54) is 12.3 Å². The van der Waals surface area contributed by atoms with Crippen molar-refractivity contribution in [1.29, 1.82) is 0 Å². The average molecular weight is 339 g/mol. The minimum absolute atomic E-state index is 0.0208. The van der Waals surface area contributed by atoms with Crippen LogP contribution in [0.2, 0.25) is 0 Å². The number of aromatic nitrogens is 2. The SMILES string of the molecule is Cc1ocnc1C(=O)OC(c1cccnc1)c1ccccc1[N+](=O)[O-]. The summed E-state index contributed by atoms with van der Waals surface area (Å²) >= 11 is 0. The summed E-state index contributed by atoms with van der Waals surface area (Å²) < 4.78 is 10.5. The Morgan fingerprint density at radius 2 is 2.08 bits per heavy atom. The van der Waals surface area contributed by atoms with Crippen molar-refractivity contribution < 1.29 is 18.9 Å². The Kier molecular flexibility index (Phi) is 4.51. The minimum atomic E-state index is -1.00. The molecule has 1 aromatic carbocycles. The van der Waals surface area contributed by atoms with E-state index in [1.807, 2.05) is 0 Å². The number of nitro groups is 1. The number of benzene rings is 1. The van der Waals surface area contributed by atoms with Crippen LogP contribution in [0.4, 0.5) is 5.69 Å². The zero-order valence-electron chi connectivity index (χ0n) is 13.2. The largest absolute Gasteiger partial charge is 0.448 e. The molecule has 8 nitrogen and oxygen atoms in total. The zero-order chi connectivity index (χ0) is 17.8. The van der Waals surface area contributed by atoms with Crippen molar-refractivity contribution in [2.45, 2.75) is 13.0 Å². The second kappa shape index (κ2) is 6.91. The number of rotatable bonds is 5. The summed E-state index contributed by atoms with van der Waals surface area (Å²) in [5.41, 5.74) is 0.620. The molecule has 0 saturated heterocycles. The molecule has 2 heterocycles. The Morgan fingerprint density at radius 3 is 2.72 bits per heavy atom. The van der Waals surface area contributed by atoms with Crippen molar-refractivity contribution in [3.8, 4) is 0 Å². The molecule has 3 aromatic rings. The molecular weight excluding hydrogens is 326 g/mol. The number of esters is 1. The van der Waals surface area contributed by atoms with Crippen molar-refractivity contribution in [3.63, 3.8) is 0 Å². The molecule has 2 aromatic heterocycles. The molecule has 0 amide bonds. The summed E-state index contributed by atoms with van der Waals surface area (Å²) in [6.07, 6.45) is 3.18. The van der Waals surface area contributed by atoms with Crippen molar-refractivity contribution in [2.24, 2.45) is 0 Å². The molecule has 0 radical (unpaired) electrons. The molecule has 0 bridgehead atoms. The summed E-state index contributed by atoms with van der Waals surface area (Å²) in [6.45, 7) is 1.58. The Morgan fingerprint density at radius 1 is 1.28 bits per heavy atom. The van der Waals surface area contributed by atoms with Crippen LogP contribution in [-0.2, 0) is 4.74 Å². The third-order valence-electron chi connectivity index (χ3n) is 3.57. The fourth-order valence-corrected chi connectivity index (χ4v) is 2.38. The van der Waals surface area contributed by atoms with Gasteiger partial charge in [0.2, 0.25) is 0 Å². The van der Waals surface area contributed by atoms with Crippen LogP contribution in [0.1, 0.15) is 33.5 Å². The van der Waals surface area contributed by atoms with E-state index in [-0.39, 0.29) is 16.9 Å². The molecule has 3 rings (SSSR count). The summed E-state index contributed by atoms with van der Waals surface area (Å²) in [5, 5.41) is 11.3. The zero-order valence-corrected chi connectivity index (χ0v) is 13.2. The van der Waals surface area contributed by atoms with E-state index in [4.69, 9.17) is 9.15 Å². The molecule has 0 aliphatic heterocycles. The van der Waals surface area contributed by atoms with E-state index in [2.05, 4.69) is 9.97 Å². The summed E-state index contributed by atoms with van der Waals surface area (Å²) in [4.78, 5) is 31.1. The van der Waals surface area contributed by atoms with Gasteiger partial charge in [0.1, 0.15) is 5.76 Å². The van der Waals surface area contributed by atoms with Crippen LogP contribution in [0, 0.1) is 17.0 Å². The number of carbonyl (C=O) groups is 1. The Bertz CT molecular complexity index is 907. The van der Waals surface area contributed by atoms with Gasteiger partial charge in [-0.05, 0) is 19.1 Å². The third-order valence-corrected chi connectivity index (χ3v) is 3.57. The average Bonchev–Trinajstić information content (AvgIpc) is 3.06. The molecule has 1 unspecified atom stereocenters. The van der Waals surface area contributed by atoms with Crippen molar-refractivity contribution in [2.75, 3.05) is 0 Å². The van der Waals surface area contributed by atoms with Gasteiger partial charge in [-0.1, -0.05) is 18.2 Å². The lowest BCUT2D eigenvalue weighted by Gasteiger charge is -2.18. The topological polar surface area (TPSA) is 108 Å². The van der Waals surface area contributed by atoms with Crippen molar-refractivity contribution in [3.05, 3.63) is 87.9 Å². The van der Waals surface area contributed by atoms with Gasteiger partial charge in [0.05, 0.1) is 10.5 Å². The first-order chi connectivity index (χ1) is 12.1. The monoisotopic (exact) mass is 339 g/mol. The second-order valence-corrected chi connectivity index (χ2v) is 5.14. The molecule has 25 heavy (non-hydrogen) atoms. The number of ether oxygens (including phenoxy) is 1. The predicted octanol–water partition coefficient (Wildman–Crippen LogP) is 3.23. The van der Waals surface area contributed by atoms with Gasteiger partial charge in [0.15, 0.2) is 18.2 Å². The van der Waals surface area contributed by atoms with Crippen LogP contribution >= 0.6 is 0 Å². The highest BCUT2D eigenvalue weighted by Crippen LogP contribution is 2.33. The van der Waals surface area contributed by atoms with Crippen molar-refractivity contribution in [1.82, 2.24) is 9.97 Å². The van der Waals surface area contributed by atoms with Crippen LogP contribution in [0.5, 0.6) is 0 Å².